The minimum atomic E-state index is -0.447. The first-order valence-corrected chi connectivity index (χ1v) is 10.1. The van der Waals surface area contributed by atoms with Crippen molar-refractivity contribution >= 4 is 28.1 Å². The Hall–Kier alpha value is -3.30. The number of nitro benzene ring substituents is 1. The summed E-state index contributed by atoms with van der Waals surface area (Å²) in [5, 5.41) is 15.9. The van der Waals surface area contributed by atoms with Gasteiger partial charge in [0.25, 0.3) is 5.69 Å². The number of nitrogens with one attached hydrogen (secondary N) is 1. The van der Waals surface area contributed by atoms with Crippen LogP contribution in [0.4, 0.5) is 10.8 Å². The highest BCUT2D eigenvalue weighted by Gasteiger charge is 2.14. The number of anilines is 1. The summed E-state index contributed by atoms with van der Waals surface area (Å²) in [6, 6.07) is 12.2. The van der Waals surface area contributed by atoms with Gasteiger partial charge in [0.15, 0.2) is 5.13 Å². The third-order valence-corrected chi connectivity index (χ3v) is 5.15. The summed E-state index contributed by atoms with van der Waals surface area (Å²) in [7, 11) is 3.49. The third kappa shape index (κ3) is 5.40. The molecule has 1 heterocycles. The van der Waals surface area contributed by atoms with Gasteiger partial charge < -0.3 is 10.1 Å². The molecule has 0 aliphatic rings. The van der Waals surface area contributed by atoms with Crippen LogP contribution in [0.1, 0.15) is 11.1 Å². The van der Waals surface area contributed by atoms with Gasteiger partial charge >= 0.3 is 0 Å². The summed E-state index contributed by atoms with van der Waals surface area (Å²) in [5.41, 5.74) is 3.34. The van der Waals surface area contributed by atoms with Crippen molar-refractivity contribution < 1.29 is 14.5 Å². The summed E-state index contributed by atoms with van der Waals surface area (Å²) >= 11 is 1.27. The van der Waals surface area contributed by atoms with Crippen molar-refractivity contribution in [2.75, 3.05) is 26.0 Å². The summed E-state index contributed by atoms with van der Waals surface area (Å²) in [6.07, 6.45) is 0. The summed E-state index contributed by atoms with van der Waals surface area (Å²) in [6.45, 7) is 2.76. The second-order valence-electron chi connectivity index (χ2n) is 6.88. The topological polar surface area (TPSA) is 97.6 Å². The van der Waals surface area contributed by atoms with E-state index in [1.165, 1.54) is 23.5 Å². The molecule has 0 bridgehead atoms. The third-order valence-electron chi connectivity index (χ3n) is 4.39. The van der Waals surface area contributed by atoms with Crippen molar-refractivity contribution in [2.24, 2.45) is 0 Å². The molecule has 0 saturated heterocycles. The molecular weight excluding hydrogens is 404 g/mol. The van der Waals surface area contributed by atoms with Crippen molar-refractivity contribution in [1.29, 1.82) is 0 Å². The largest absolute Gasteiger partial charge is 0.496 e. The number of rotatable bonds is 8. The molecule has 3 rings (SSSR count). The van der Waals surface area contributed by atoms with Crippen LogP contribution in [-0.4, -0.2) is 41.4 Å². The molecule has 0 atom stereocenters. The highest BCUT2D eigenvalue weighted by molar-refractivity contribution is 7.14. The zero-order valence-corrected chi connectivity index (χ0v) is 17.7. The molecule has 0 spiro atoms. The minimum absolute atomic E-state index is 0.000660. The molecular formula is C21H22N4O4S. The molecule has 0 radical (unpaired) electrons. The van der Waals surface area contributed by atoms with E-state index in [1.807, 2.05) is 37.1 Å². The Labute approximate surface area is 178 Å². The molecule has 0 fully saturated rings. The van der Waals surface area contributed by atoms with E-state index in [1.54, 1.807) is 24.6 Å². The number of nitrogens with zero attached hydrogens (tertiary/aromatic N) is 3. The average molecular weight is 426 g/mol. The van der Waals surface area contributed by atoms with E-state index < -0.39 is 4.92 Å². The van der Waals surface area contributed by atoms with Gasteiger partial charge in [0.2, 0.25) is 5.91 Å². The smallest absolute Gasteiger partial charge is 0.270 e. The molecule has 0 aliphatic heterocycles. The number of non-ortho nitro benzene ring substituents is 1. The molecule has 9 heteroatoms. The number of hydrogen-bond acceptors (Lipinski definition) is 7. The van der Waals surface area contributed by atoms with Crippen LogP contribution in [0.5, 0.6) is 5.75 Å². The van der Waals surface area contributed by atoms with Crippen molar-refractivity contribution in [1.82, 2.24) is 9.88 Å². The number of thiazole rings is 1. The minimum Gasteiger partial charge on any atom is -0.496 e. The Balaban J connectivity index is 1.61. The number of ether oxygens (including phenoxy) is 1. The van der Waals surface area contributed by atoms with Gasteiger partial charge in [-0.2, -0.15) is 0 Å². The van der Waals surface area contributed by atoms with Crippen LogP contribution in [-0.2, 0) is 11.3 Å². The first-order valence-electron chi connectivity index (χ1n) is 9.18. The van der Waals surface area contributed by atoms with E-state index in [9.17, 15) is 14.9 Å². The normalized spacial score (nSPS) is 10.8. The molecule has 8 nitrogen and oxygen atoms in total. The number of nitro groups is 1. The van der Waals surface area contributed by atoms with Crippen LogP contribution in [0, 0.1) is 17.0 Å². The van der Waals surface area contributed by atoms with Crippen LogP contribution in [0.25, 0.3) is 11.3 Å². The quantitative estimate of drug-likeness (QED) is 0.430. The lowest BCUT2D eigenvalue weighted by Crippen LogP contribution is -2.30. The number of aromatic nitrogens is 1. The van der Waals surface area contributed by atoms with Gasteiger partial charge in [-0.3, -0.25) is 19.8 Å². The Morgan fingerprint density at radius 1 is 1.30 bits per heavy atom. The molecule has 0 aliphatic carbocycles. The van der Waals surface area contributed by atoms with Crippen LogP contribution >= 0.6 is 11.3 Å². The van der Waals surface area contributed by atoms with Gasteiger partial charge in [-0.25, -0.2) is 4.98 Å². The number of benzene rings is 2. The van der Waals surface area contributed by atoms with E-state index in [0.29, 0.717) is 22.9 Å². The fourth-order valence-electron chi connectivity index (χ4n) is 3.02. The Morgan fingerprint density at radius 3 is 2.83 bits per heavy atom. The van der Waals surface area contributed by atoms with Crippen molar-refractivity contribution in [3.8, 4) is 17.0 Å². The molecule has 0 saturated carbocycles. The standard InChI is InChI=1S/C21H22N4O4S/c1-14-7-8-19(29-3)16(9-14)11-24(2)12-20(26)23-21-22-18(13-30-21)15-5-4-6-17(10-15)25(27)28/h4-10,13H,11-12H2,1-3H3,(H,22,23,26). The summed E-state index contributed by atoms with van der Waals surface area (Å²) in [4.78, 5) is 29.2. The first-order chi connectivity index (χ1) is 14.4. The number of aryl methyl sites for hydroxylation is 1. The van der Waals surface area contributed by atoms with Gasteiger partial charge in [0, 0.05) is 35.2 Å². The van der Waals surface area contributed by atoms with E-state index in [-0.39, 0.29) is 18.1 Å². The zero-order valence-electron chi connectivity index (χ0n) is 16.9. The van der Waals surface area contributed by atoms with Crippen LogP contribution in [0.2, 0.25) is 0 Å². The molecule has 1 aromatic heterocycles. The van der Waals surface area contributed by atoms with Crippen molar-refractivity contribution in [3.63, 3.8) is 0 Å². The van der Waals surface area contributed by atoms with E-state index in [0.717, 1.165) is 16.9 Å². The second kappa shape index (κ2) is 9.47. The molecule has 156 valence electrons. The number of carbonyl (C=O) groups is 1. The molecule has 0 unspecified atom stereocenters. The average Bonchev–Trinajstić information content (AvgIpc) is 3.16. The predicted octanol–water partition coefficient (Wildman–Crippen LogP) is 4.11. The highest BCUT2D eigenvalue weighted by atomic mass is 32.1. The Morgan fingerprint density at radius 2 is 2.10 bits per heavy atom. The zero-order chi connectivity index (χ0) is 21.7. The maximum Gasteiger partial charge on any atom is 0.270 e. The van der Waals surface area contributed by atoms with Crippen molar-refractivity contribution in [2.45, 2.75) is 13.5 Å². The lowest BCUT2D eigenvalue weighted by Gasteiger charge is -2.18. The lowest BCUT2D eigenvalue weighted by atomic mass is 10.1. The molecule has 3 aromatic rings. The van der Waals surface area contributed by atoms with Gasteiger partial charge in [-0.1, -0.05) is 29.8 Å². The van der Waals surface area contributed by atoms with Crippen LogP contribution in [0.15, 0.2) is 47.8 Å². The lowest BCUT2D eigenvalue weighted by molar-refractivity contribution is -0.384. The fraction of sp³-hybridized carbons (Fsp3) is 0.238. The van der Waals surface area contributed by atoms with Gasteiger partial charge in [0.05, 0.1) is 24.3 Å². The number of amides is 1. The number of carbonyl (C=O) groups excluding carboxylic acids is 1. The fourth-order valence-corrected chi connectivity index (χ4v) is 3.76. The van der Waals surface area contributed by atoms with Gasteiger partial charge in [0.1, 0.15) is 5.75 Å². The summed E-state index contributed by atoms with van der Waals surface area (Å²) < 4.78 is 5.39. The van der Waals surface area contributed by atoms with Gasteiger partial charge in [-0.05, 0) is 20.0 Å². The Kier molecular flexibility index (Phi) is 6.76. The number of likely N-dealkylation sites (N-methyl/N-ethyl adjacent to an activating group) is 1. The number of hydrogen-bond donors (Lipinski definition) is 1. The van der Waals surface area contributed by atoms with E-state index >= 15 is 0 Å². The molecule has 30 heavy (non-hydrogen) atoms. The maximum atomic E-state index is 12.4. The first kappa shape index (κ1) is 21.4. The van der Waals surface area contributed by atoms with Crippen LogP contribution < -0.4 is 10.1 Å². The maximum absolute atomic E-state index is 12.4. The Bertz CT molecular complexity index is 1070. The molecule has 1 amide bonds. The van der Waals surface area contributed by atoms with Crippen LogP contribution in [0.3, 0.4) is 0 Å². The van der Waals surface area contributed by atoms with Gasteiger partial charge in [-0.15, -0.1) is 11.3 Å². The van der Waals surface area contributed by atoms with Crippen molar-refractivity contribution in [3.05, 3.63) is 69.1 Å². The summed E-state index contributed by atoms with van der Waals surface area (Å²) in [5.74, 6) is 0.596. The monoisotopic (exact) mass is 426 g/mol. The number of methoxy groups -OCH3 is 1. The highest BCUT2D eigenvalue weighted by Crippen LogP contribution is 2.27. The van der Waals surface area contributed by atoms with E-state index in [2.05, 4.69) is 10.3 Å². The predicted molar refractivity (Wildman–Crippen MR) is 117 cm³/mol. The second-order valence-corrected chi connectivity index (χ2v) is 7.74. The molecule has 1 N–H and O–H groups in total. The van der Waals surface area contributed by atoms with E-state index in [4.69, 9.17) is 4.74 Å². The molecule has 2 aromatic carbocycles. The SMILES string of the molecule is COc1ccc(C)cc1CN(C)CC(=O)Nc1nc(-c2cccc([N+](=O)[O-])c2)cs1.